The SMILES string of the molecule is Cc1cc(C)c(C(Cl)c2c(Cl)cccc2Cl)s1. The van der Waals surface area contributed by atoms with Gasteiger partial charge in [0.05, 0.1) is 5.38 Å². The lowest BCUT2D eigenvalue weighted by Gasteiger charge is -2.13. The van der Waals surface area contributed by atoms with Crippen LogP contribution < -0.4 is 0 Å². The standard InChI is InChI=1S/C13H11Cl3S/c1-7-6-8(2)17-13(7)12(16)11-9(14)4-3-5-10(11)15/h3-6,12H,1-2H3. The molecule has 0 fully saturated rings. The molecule has 1 aromatic carbocycles. The summed E-state index contributed by atoms with van der Waals surface area (Å²) < 4.78 is 0. The van der Waals surface area contributed by atoms with Crippen molar-refractivity contribution in [2.24, 2.45) is 0 Å². The lowest BCUT2D eigenvalue weighted by atomic mass is 10.1. The molecule has 1 aromatic heterocycles. The molecule has 0 spiro atoms. The molecule has 2 rings (SSSR count). The van der Waals surface area contributed by atoms with Gasteiger partial charge in [0.15, 0.2) is 0 Å². The minimum atomic E-state index is -0.283. The minimum absolute atomic E-state index is 0.283. The second-order valence-electron chi connectivity index (χ2n) is 3.90. The molecule has 0 bridgehead atoms. The molecule has 0 radical (unpaired) electrons. The van der Waals surface area contributed by atoms with Gasteiger partial charge in [0.25, 0.3) is 0 Å². The van der Waals surface area contributed by atoms with Crippen LogP contribution >= 0.6 is 46.1 Å². The van der Waals surface area contributed by atoms with Crippen LogP contribution in [0.5, 0.6) is 0 Å². The van der Waals surface area contributed by atoms with E-state index in [1.54, 1.807) is 11.3 Å². The summed E-state index contributed by atoms with van der Waals surface area (Å²) in [6.07, 6.45) is 0. The Morgan fingerprint density at radius 2 is 1.71 bits per heavy atom. The molecular weight excluding hydrogens is 295 g/mol. The fraction of sp³-hybridized carbons (Fsp3) is 0.231. The molecule has 0 aliphatic carbocycles. The second-order valence-corrected chi connectivity index (χ2v) is 6.44. The average molecular weight is 306 g/mol. The van der Waals surface area contributed by atoms with E-state index in [1.165, 1.54) is 10.4 Å². The first-order valence-corrected chi connectivity index (χ1v) is 7.16. The Labute approximate surface area is 120 Å². The van der Waals surface area contributed by atoms with Gasteiger partial charge >= 0.3 is 0 Å². The summed E-state index contributed by atoms with van der Waals surface area (Å²) in [5, 5.41) is 0.945. The van der Waals surface area contributed by atoms with Gasteiger partial charge in [-0.3, -0.25) is 0 Å². The average Bonchev–Trinajstić information content (AvgIpc) is 2.57. The highest BCUT2D eigenvalue weighted by Gasteiger charge is 2.20. The van der Waals surface area contributed by atoms with E-state index in [4.69, 9.17) is 34.8 Å². The maximum absolute atomic E-state index is 6.50. The Kier molecular flexibility index (Phi) is 4.04. The van der Waals surface area contributed by atoms with Gasteiger partial charge in [-0.1, -0.05) is 29.3 Å². The molecule has 1 heterocycles. The highest BCUT2D eigenvalue weighted by Crippen LogP contribution is 2.42. The Morgan fingerprint density at radius 3 is 2.18 bits per heavy atom. The number of hydrogen-bond acceptors (Lipinski definition) is 1. The normalized spacial score (nSPS) is 12.8. The van der Waals surface area contributed by atoms with Crippen molar-refractivity contribution in [1.29, 1.82) is 0 Å². The van der Waals surface area contributed by atoms with E-state index in [0.717, 1.165) is 10.4 Å². The molecule has 0 N–H and O–H groups in total. The Hall–Kier alpha value is -0.210. The first-order chi connectivity index (χ1) is 8.00. The van der Waals surface area contributed by atoms with Crippen LogP contribution in [0, 0.1) is 13.8 Å². The molecule has 0 aliphatic heterocycles. The number of aryl methyl sites for hydroxylation is 2. The van der Waals surface area contributed by atoms with E-state index in [9.17, 15) is 0 Å². The Morgan fingerprint density at radius 1 is 1.12 bits per heavy atom. The number of halogens is 3. The molecule has 1 unspecified atom stereocenters. The van der Waals surface area contributed by atoms with Crippen molar-refractivity contribution in [2.45, 2.75) is 19.2 Å². The Balaban J connectivity index is 2.51. The maximum atomic E-state index is 6.50. The van der Waals surface area contributed by atoms with E-state index in [2.05, 4.69) is 19.9 Å². The van der Waals surface area contributed by atoms with Crippen LogP contribution in [0.3, 0.4) is 0 Å². The molecule has 0 saturated heterocycles. The van der Waals surface area contributed by atoms with Crippen molar-refractivity contribution < 1.29 is 0 Å². The fourth-order valence-corrected chi connectivity index (χ4v) is 4.09. The third-order valence-corrected chi connectivity index (χ3v) is 5.01. The summed E-state index contributed by atoms with van der Waals surface area (Å²) in [5.41, 5.74) is 1.98. The highest BCUT2D eigenvalue weighted by molar-refractivity contribution is 7.12. The molecule has 17 heavy (non-hydrogen) atoms. The number of thiophene rings is 1. The third-order valence-electron chi connectivity index (χ3n) is 2.56. The molecular formula is C13H11Cl3S. The van der Waals surface area contributed by atoms with Crippen LogP contribution in [0.4, 0.5) is 0 Å². The van der Waals surface area contributed by atoms with Gasteiger partial charge in [-0.15, -0.1) is 22.9 Å². The predicted octanol–water partition coefficient (Wildman–Crippen LogP) is 6.00. The summed E-state index contributed by atoms with van der Waals surface area (Å²) >= 11 is 20.5. The van der Waals surface area contributed by atoms with Crippen molar-refractivity contribution >= 4 is 46.1 Å². The molecule has 4 heteroatoms. The number of rotatable bonds is 2. The molecule has 0 nitrogen and oxygen atoms in total. The Bertz CT molecular complexity index is 525. The van der Waals surface area contributed by atoms with Gasteiger partial charge in [-0.05, 0) is 37.6 Å². The lowest BCUT2D eigenvalue weighted by molar-refractivity contribution is 1.16. The van der Waals surface area contributed by atoms with Crippen molar-refractivity contribution in [3.8, 4) is 0 Å². The highest BCUT2D eigenvalue weighted by atomic mass is 35.5. The van der Waals surface area contributed by atoms with Gasteiger partial charge in [-0.2, -0.15) is 0 Å². The summed E-state index contributed by atoms with van der Waals surface area (Å²) in [5.74, 6) is 0. The van der Waals surface area contributed by atoms with Gasteiger partial charge in [-0.25, -0.2) is 0 Å². The van der Waals surface area contributed by atoms with Crippen LogP contribution in [0.1, 0.15) is 26.3 Å². The minimum Gasteiger partial charge on any atom is -0.143 e. The molecule has 2 aromatic rings. The molecule has 90 valence electrons. The quantitative estimate of drug-likeness (QED) is 0.597. The summed E-state index contributed by atoms with van der Waals surface area (Å²) in [6, 6.07) is 7.58. The van der Waals surface area contributed by atoms with E-state index < -0.39 is 0 Å². The molecule has 0 aliphatic rings. The van der Waals surface area contributed by atoms with Crippen molar-refractivity contribution in [3.63, 3.8) is 0 Å². The molecule has 0 amide bonds. The zero-order valence-electron chi connectivity index (χ0n) is 9.43. The zero-order valence-corrected chi connectivity index (χ0v) is 12.5. The van der Waals surface area contributed by atoms with E-state index >= 15 is 0 Å². The van der Waals surface area contributed by atoms with Gasteiger partial charge < -0.3 is 0 Å². The zero-order chi connectivity index (χ0) is 12.6. The summed E-state index contributed by atoms with van der Waals surface area (Å²) in [6.45, 7) is 4.12. The maximum Gasteiger partial charge on any atom is 0.0959 e. The van der Waals surface area contributed by atoms with Crippen LogP contribution in [0.25, 0.3) is 0 Å². The first kappa shape index (κ1) is 13.2. The van der Waals surface area contributed by atoms with Gasteiger partial charge in [0.2, 0.25) is 0 Å². The summed E-state index contributed by atoms with van der Waals surface area (Å²) in [4.78, 5) is 2.35. The van der Waals surface area contributed by atoms with Crippen LogP contribution in [0.2, 0.25) is 10.0 Å². The van der Waals surface area contributed by atoms with E-state index in [-0.39, 0.29) is 5.38 Å². The predicted molar refractivity (Wildman–Crippen MR) is 78.0 cm³/mol. The van der Waals surface area contributed by atoms with Crippen LogP contribution in [0.15, 0.2) is 24.3 Å². The van der Waals surface area contributed by atoms with Crippen LogP contribution in [-0.4, -0.2) is 0 Å². The van der Waals surface area contributed by atoms with Gasteiger partial charge in [0.1, 0.15) is 0 Å². The van der Waals surface area contributed by atoms with Gasteiger partial charge in [0, 0.05) is 25.4 Å². The third kappa shape index (κ3) is 2.63. The van der Waals surface area contributed by atoms with Crippen LogP contribution in [-0.2, 0) is 0 Å². The number of alkyl halides is 1. The first-order valence-electron chi connectivity index (χ1n) is 5.15. The largest absolute Gasteiger partial charge is 0.143 e. The van der Waals surface area contributed by atoms with E-state index in [0.29, 0.717) is 10.0 Å². The molecule has 1 atom stereocenters. The molecule has 0 saturated carbocycles. The summed E-state index contributed by atoms with van der Waals surface area (Å²) in [7, 11) is 0. The van der Waals surface area contributed by atoms with E-state index in [1.807, 2.05) is 18.2 Å². The topological polar surface area (TPSA) is 0 Å². The monoisotopic (exact) mass is 304 g/mol. The lowest BCUT2D eigenvalue weighted by Crippen LogP contribution is -1.94. The van der Waals surface area contributed by atoms with Crippen molar-refractivity contribution in [2.75, 3.05) is 0 Å². The second kappa shape index (κ2) is 5.19. The van der Waals surface area contributed by atoms with Crippen molar-refractivity contribution in [1.82, 2.24) is 0 Å². The fourth-order valence-electron chi connectivity index (χ4n) is 1.79. The van der Waals surface area contributed by atoms with Crippen molar-refractivity contribution in [3.05, 3.63) is 55.2 Å². The smallest absolute Gasteiger partial charge is 0.0959 e. The number of hydrogen-bond donors (Lipinski definition) is 0. The number of benzene rings is 1.